The first-order valence-electron chi connectivity index (χ1n) is 11.0. The van der Waals surface area contributed by atoms with E-state index < -0.39 is 21.9 Å². The minimum Gasteiger partial charge on any atom is -0.481 e. The molecule has 3 aromatic rings. The Morgan fingerprint density at radius 2 is 1.60 bits per heavy atom. The van der Waals surface area contributed by atoms with Crippen LogP contribution in [0.1, 0.15) is 54.3 Å². The first-order chi connectivity index (χ1) is 16.7. The van der Waals surface area contributed by atoms with Crippen LogP contribution in [-0.4, -0.2) is 35.6 Å². The van der Waals surface area contributed by atoms with Crippen LogP contribution in [0, 0.1) is 5.92 Å². The summed E-state index contributed by atoms with van der Waals surface area (Å²) < 4.78 is 28.0. The molecule has 11 nitrogen and oxygen atoms in total. The molecule has 0 atom stereocenters. The van der Waals surface area contributed by atoms with Crippen LogP contribution in [0.5, 0.6) is 0 Å². The maximum Gasteiger partial charge on any atom is 0.320 e. The van der Waals surface area contributed by atoms with E-state index in [-0.39, 0.29) is 29.1 Å². The molecule has 0 spiro atoms. The van der Waals surface area contributed by atoms with Gasteiger partial charge in [0.2, 0.25) is 10.0 Å². The lowest BCUT2D eigenvalue weighted by molar-refractivity contribution is -0.138. The third kappa shape index (κ3) is 6.43. The summed E-state index contributed by atoms with van der Waals surface area (Å²) in [5, 5.41) is 27.0. The Kier molecular flexibility index (Phi) is 7.12. The molecule has 35 heavy (non-hydrogen) atoms. The molecule has 0 bridgehead atoms. The Bertz CT molecular complexity index is 1300. The monoisotopic (exact) mass is 499 g/mol. The highest BCUT2D eigenvalue weighted by molar-refractivity contribution is 7.89. The van der Waals surface area contributed by atoms with E-state index in [2.05, 4.69) is 20.8 Å². The average molecular weight is 500 g/mol. The Labute approximate surface area is 201 Å². The molecular weight excluding hydrogens is 474 g/mol. The van der Waals surface area contributed by atoms with E-state index in [1.54, 1.807) is 12.1 Å². The molecule has 5 N–H and O–H groups in total. The number of aromatic nitrogens is 2. The number of hydrogen-bond donors (Lipinski definition) is 4. The maximum atomic E-state index is 12.5. The largest absolute Gasteiger partial charge is 0.481 e. The van der Waals surface area contributed by atoms with Gasteiger partial charge in [-0.1, -0.05) is 17.2 Å². The summed E-state index contributed by atoms with van der Waals surface area (Å²) in [7, 11) is -3.80. The number of rotatable bonds is 8. The van der Waals surface area contributed by atoms with Gasteiger partial charge in [-0.05, 0) is 79.5 Å². The first-order valence-corrected chi connectivity index (χ1v) is 12.6. The highest BCUT2D eigenvalue weighted by Crippen LogP contribution is 2.37. The highest BCUT2D eigenvalue weighted by Gasteiger charge is 2.24. The maximum absolute atomic E-state index is 12.5. The van der Waals surface area contributed by atoms with Gasteiger partial charge < -0.3 is 20.2 Å². The summed E-state index contributed by atoms with van der Waals surface area (Å²) in [4.78, 5) is 23.3. The predicted octanol–water partition coefficient (Wildman–Crippen LogP) is 3.46. The van der Waals surface area contributed by atoms with Crippen LogP contribution in [0.15, 0.2) is 57.8 Å². The van der Waals surface area contributed by atoms with Crippen LogP contribution in [0.2, 0.25) is 0 Å². The van der Waals surface area contributed by atoms with Gasteiger partial charge >= 0.3 is 23.8 Å². The molecule has 1 fully saturated rings. The van der Waals surface area contributed by atoms with Crippen LogP contribution in [0.4, 0.5) is 17.4 Å². The average Bonchev–Trinajstić information content (AvgIpc) is 3.28. The van der Waals surface area contributed by atoms with Gasteiger partial charge in [-0.25, -0.2) is 13.6 Å². The third-order valence-electron chi connectivity index (χ3n) is 6.00. The number of aliphatic carboxylic acids is 1. The van der Waals surface area contributed by atoms with E-state index in [9.17, 15) is 18.0 Å². The van der Waals surface area contributed by atoms with Gasteiger partial charge in [-0.3, -0.25) is 9.59 Å². The lowest BCUT2D eigenvalue weighted by atomic mass is 9.77. The minimum absolute atomic E-state index is 0.0349. The van der Waals surface area contributed by atoms with Crippen molar-refractivity contribution in [2.75, 3.05) is 10.6 Å². The molecule has 1 aromatic heterocycles. The molecule has 1 aliphatic carbocycles. The molecule has 0 radical (unpaired) electrons. The van der Waals surface area contributed by atoms with E-state index in [1.165, 1.54) is 24.3 Å². The number of nitrogens with zero attached hydrogens (tertiary/aromatic N) is 2. The summed E-state index contributed by atoms with van der Waals surface area (Å²) in [5.74, 6) is -0.922. The molecule has 2 aromatic carbocycles. The number of nitrogens with two attached hydrogens (primary N) is 1. The predicted molar refractivity (Wildman–Crippen MR) is 127 cm³/mol. The van der Waals surface area contributed by atoms with Crippen LogP contribution in [-0.2, 0) is 14.8 Å². The van der Waals surface area contributed by atoms with Gasteiger partial charge in [0.05, 0.1) is 4.90 Å². The van der Waals surface area contributed by atoms with Crippen LogP contribution < -0.4 is 15.8 Å². The molecule has 1 saturated carbocycles. The zero-order valence-corrected chi connectivity index (χ0v) is 19.5. The number of carboxylic acid groups (broad SMARTS) is 1. The molecule has 0 aliphatic heterocycles. The number of primary sulfonamides is 1. The van der Waals surface area contributed by atoms with Crippen molar-refractivity contribution in [3.05, 3.63) is 60.0 Å². The smallest absolute Gasteiger partial charge is 0.320 e. The van der Waals surface area contributed by atoms with Crippen LogP contribution >= 0.6 is 0 Å². The van der Waals surface area contributed by atoms with Crippen LogP contribution in [0.3, 0.4) is 0 Å². The Hall–Kier alpha value is -3.77. The van der Waals surface area contributed by atoms with Gasteiger partial charge in [-0.15, -0.1) is 5.10 Å². The second kappa shape index (κ2) is 10.2. The van der Waals surface area contributed by atoms with Gasteiger partial charge in [0.15, 0.2) is 0 Å². The Morgan fingerprint density at radius 1 is 0.971 bits per heavy atom. The zero-order valence-electron chi connectivity index (χ0n) is 18.7. The molecule has 1 amide bonds. The van der Waals surface area contributed by atoms with Crippen molar-refractivity contribution >= 4 is 39.3 Å². The normalized spacial score (nSPS) is 18.1. The third-order valence-corrected chi connectivity index (χ3v) is 6.93. The second-order valence-corrected chi connectivity index (χ2v) is 10.1. The van der Waals surface area contributed by atoms with Crippen molar-refractivity contribution < 1.29 is 27.5 Å². The Balaban J connectivity index is 1.31. The summed E-state index contributed by atoms with van der Waals surface area (Å²) in [6.07, 6.45) is 3.94. The van der Waals surface area contributed by atoms with Crippen molar-refractivity contribution in [1.82, 2.24) is 10.2 Å². The summed E-state index contributed by atoms with van der Waals surface area (Å²) in [6.45, 7) is 0. The standard InChI is InChI=1S/C23H25N5O6S/c24-35(32,33)19-11-9-18(10-12-19)26-23-28-27-22(34-23)21(31)25-17-7-5-16(6-8-17)15-3-1-14(2-4-15)13-20(29)30/h5-12,14-15H,1-4,13H2,(H,25,31)(H,26,28)(H,29,30)(H2,24,32,33)/t14-,15-. The van der Waals surface area contributed by atoms with Crippen molar-refractivity contribution in [2.45, 2.75) is 42.9 Å². The number of amides is 1. The quantitative estimate of drug-likeness (QED) is 0.361. The van der Waals surface area contributed by atoms with Crippen molar-refractivity contribution in [1.29, 1.82) is 0 Å². The molecule has 0 saturated heterocycles. The lowest BCUT2D eigenvalue weighted by Gasteiger charge is -2.28. The summed E-state index contributed by atoms with van der Waals surface area (Å²) >= 11 is 0. The molecule has 184 valence electrons. The number of carboxylic acids is 1. The summed E-state index contributed by atoms with van der Waals surface area (Å²) in [5.41, 5.74) is 2.21. The number of carbonyl (C=O) groups is 2. The number of sulfonamides is 1. The number of hydrogen-bond acceptors (Lipinski definition) is 8. The fourth-order valence-corrected chi connectivity index (χ4v) is 4.70. The van der Waals surface area contributed by atoms with E-state index in [4.69, 9.17) is 14.7 Å². The molecule has 1 heterocycles. The number of benzene rings is 2. The fraction of sp³-hybridized carbons (Fsp3) is 0.304. The van der Waals surface area contributed by atoms with Gasteiger partial charge in [-0.2, -0.15) is 0 Å². The number of carbonyl (C=O) groups excluding carboxylic acids is 1. The van der Waals surface area contributed by atoms with Crippen LogP contribution in [0.25, 0.3) is 0 Å². The molecule has 4 rings (SSSR count). The molecule has 12 heteroatoms. The molecule has 0 unspecified atom stereocenters. The van der Waals surface area contributed by atoms with E-state index in [1.807, 2.05) is 12.1 Å². The SMILES string of the molecule is NS(=O)(=O)c1ccc(Nc2nnc(C(=O)Nc3ccc([C@H]4CC[C@H](CC(=O)O)CC4)cc3)o2)cc1. The van der Waals surface area contributed by atoms with E-state index in [0.29, 0.717) is 17.3 Å². The highest BCUT2D eigenvalue weighted by atomic mass is 32.2. The van der Waals surface area contributed by atoms with Crippen molar-refractivity contribution in [3.8, 4) is 0 Å². The van der Waals surface area contributed by atoms with E-state index >= 15 is 0 Å². The van der Waals surface area contributed by atoms with Gasteiger partial charge in [0.25, 0.3) is 0 Å². The van der Waals surface area contributed by atoms with Crippen molar-refractivity contribution in [3.63, 3.8) is 0 Å². The fourth-order valence-electron chi connectivity index (χ4n) is 4.19. The molecular formula is C23H25N5O6S. The first kappa shape index (κ1) is 24.4. The minimum atomic E-state index is -3.80. The molecule has 1 aliphatic rings. The number of anilines is 3. The topological polar surface area (TPSA) is 178 Å². The van der Waals surface area contributed by atoms with Gasteiger partial charge in [0, 0.05) is 17.8 Å². The van der Waals surface area contributed by atoms with E-state index in [0.717, 1.165) is 31.2 Å². The number of nitrogens with one attached hydrogen (secondary N) is 2. The second-order valence-electron chi connectivity index (χ2n) is 8.50. The summed E-state index contributed by atoms with van der Waals surface area (Å²) in [6, 6.07) is 13.1. The lowest BCUT2D eigenvalue weighted by Crippen LogP contribution is -2.16. The van der Waals surface area contributed by atoms with Gasteiger partial charge in [0.1, 0.15) is 0 Å². The zero-order chi connectivity index (χ0) is 25.0. The Morgan fingerprint density at radius 3 is 2.20 bits per heavy atom. The van der Waals surface area contributed by atoms with Crippen molar-refractivity contribution in [2.24, 2.45) is 11.1 Å².